The van der Waals surface area contributed by atoms with Crippen LogP contribution in [-0.4, -0.2) is 49.7 Å². The molecular formula is C27H39N3O3S. The molecule has 1 amide bonds. The molecule has 2 aromatic carbocycles. The molecule has 0 bridgehead atoms. The Morgan fingerprint density at radius 1 is 0.971 bits per heavy atom. The highest BCUT2D eigenvalue weighted by Crippen LogP contribution is 2.25. The van der Waals surface area contributed by atoms with Gasteiger partial charge in [-0.2, -0.15) is 4.31 Å². The van der Waals surface area contributed by atoms with Crippen molar-refractivity contribution in [2.24, 2.45) is 5.92 Å². The molecule has 1 saturated heterocycles. The van der Waals surface area contributed by atoms with Crippen molar-refractivity contribution < 1.29 is 13.2 Å². The smallest absolute Gasteiger partial charge is 0.243 e. The molecule has 1 heterocycles. The van der Waals surface area contributed by atoms with E-state index in [9.17, 15) is 13.2 Å². The van der Waals surface area contributed by atoms with Crippen LogP contribution in [0.3, 0.4) is 0 Å². The maximum Gasteiger partial charge on any atom is 0.243 e. The fourth-order valence-corrected chi connectivity index (χ4v) is 5.80. The average Bonchev–Trinajstić information content (AvgIpc) is 2.86. The van der Waals surface area contributed by atoms with Crippen LogP contribution in [0.25, 0.3) is 0 Å². The van der Waals surface area contributed by atoms with Gasteiger partial charge in [0.1, 0.15) is 0 Å². The highest BCUT2D eigenvalue weighted by atomic mass is 32.2. The summed E-state index contributed by atoms with van der Waals surface area (Å²) in [6.07, 6.45) is 1.08. The van der Waals surface area contributed by atoms with E-state index in [1.54, 1.807) is 12.1 Å². The molecule has 2 aromatic rings. The molecule has 0 aliphatic carbocycles. The number of nitrogens with one attached hydrogen (secondary N) is 1. The monoisotopic (exact) mass is 485 g/mol. The first kappa shape index (κ1) is 26.4. The van der Waals surface area contributed by atoms with Gasteiger partial charge in [0.2, 0.25) is 15.9 Å². The van der Waals surface area contributed by atoms with Gasteiger partial charge in [0.15, 0.2) is 0 Å². The zero-order valence-corrected chi connectivity index (χ0v) is 21.8. The van der Waals surface area contributed by atoms with Gasteiger partial charge in [-0.25, -0.2) is 8.42 Å². The van der Waals surface area contributed by atoms with Gasteiger partial charge < -0.3 is 5.32 Å². The van der Waals surface area contributed by atoms with Gasteiger partial charge in [-0.3, -0.25) is 9.69 Å². The van der Waals surface area contributed by atoms with Gasteiger partial charge in [0.05, 0.1) is 4.90 Å². The summed E-state index contributed by atoms with van der Waals surface area (Å²) >= 11 is 0. The summed E-state index contributed by atoms with van der Waals surface area (Å²) in [5.41, 5.74) is 3.46. The zero-order valence-electron chi connectivity index (χ0n) is 21.0. The minimum absolute atomic E-state index is 0.00514. The minimum atomic E-state index is -3.53. The van der Waals surface area contributed by atoms with Crippen molar-refractivity contribution in [2.45, 2.75) is 64.4 Å². The Balaban J connectivity index is 1.48. The molecular weight excluding hydrogens is 446 g/mol. The normalized spacial score (nSPS) is 15.7. The van der Waals surface area contributed by atoms with E-state index in [1.807, 2.05) is 12.1 Å². The molecule has 7 heteroatoms. The van der Waals surface area contributed by atoms with Gasteiger partial charge in [0.25, 0.3) is 0 Å². The maximum atomic E-state index is 13.0. The average molecular weight is 486 g/mol. The van der Waals surface area contributed by atoms with E-state index < -0.39 is 10.0 Å². The van der Waals surface area contributed by atoms with Crippen molar-refractivity contribution >= 4 is 15.9 Å². The molecule has 0 radical (unpaired) electrons. The summed E-state index contributed by atoms with van der Waals surface area (Å²) in [6.45, 7) is 12.7. The molecule has 0 aromatic heterocycles. The SMILES string of the molecule is CCN(CC)Cc1ccc(CNC(=O)C2CCN(S(=O)(=O)c3ccc(C(C)C)cc3)CC2)cc1. The van der Waals surface area contributed by atoms with E-state index in [0.717, 1.165) is 30.8 Å². The molecule has 186 valence electrons. The quantitative estimate of drug-likeness (QED) is 0.543. The van der Waals surface area contributed by atoms with Crippen LogP contribution in [0.15, 0.2) is 53.4 Å². The Morgan fingerprint density at radius 3 is 2.06 bits per heavy atom. The van der Waals surface area contributed by atoms with Crippen molar-refractivity contribution in [1.29, 1.82) is 0 Å². The number of rotatable bonds is 10. The van der Waals surface area contributed by atoms with Gasteiger partial charge in [-0.05, 0) is 60.7 Å². The molecule has 0 atom stereocenters. The number of amides is 1. The lowest BCUT2D eigenvalue weighted by atomic mass is 9.97. The minimum Gasteiger partial charge on any atom is -0.352 e. The van der Waals surface area contributed by atoms with Gasteiger partial charge in [-0.1, -0.05) is 64.1 Å². The number of benzene rings is 2. The highest BCUT2D eigenvalue weighted by molar-refractivity contribution is 7.89. The van der Waals surface area contributed by atoms with Crippen LogP contribution in [0.2, 0.25) is 0 Å². The van der Waals surface area contributed by atoms with Crippen LogP contribution in [0.4, 0.5) is 0 Å². The lowest BCUT2D eigenvalue weighted by molar-refractivity contribution is -0.126. The van der Waals surface area contributed by atoms with Crippen LogP contribution in [0.1, 0.15) is 63.1 Å². The largest absolute Gasteiger partial charge is 0.352 e. The molecule has 1 fully saturated rings. The summed E-state index contributed by atoms with van der Waals surface area (Å²) in [5.74, 6) is 0.207. The molecule has 3 rings (SSSR count). The van der Waals surface area contributed by atoms with Crippen LogP contribution in [0, 0.1) is 5.92 Å². The lowest BCUT2D eigenvalue weighted by Gasteiger charge is -2.30. The predicted molar refractivity (Wildman–Crippen MR) is 137 cm³/mol. The zero-order chi connectivity index (χ0) is 24.7. The van der Waals surface area contributed by atoms with Crippen LogP contribution in [-0.2, 0) is 27.9 Å². The van der Waals surface area contributed by atoms with E-state index in [4.69, 9.17) is 0 Å². The maximum absolute atomic E-state index is 13.0. The third-order valence-electron chi connectivity index (χ3n) is 6.80. The Bertz CT molecular complexity index is 1020. The second-order valence-corrected chi connectivity index (χ2v) is 11.3. The number of sulfonamides is 1. The van der Waals surface area contributed by atoms with E-state index in [-0.39, 0.29) is 11.8 Å². The van der Waals surface area contributed by atoms with Crippen LogP contribution >= 0.6 is 0 Å². The highest BCUT2D eigenvalue weighted by Gasteiger charge is 2.32. The van der Waals surface area contributed by atoms with Crippen LogP contribution in [0.5, 0.6) is 0 Å². The third kappa shape index (κ3) is 6.68. The van der Waals surface area contributed by atoms with Crippen molar-refractivity contribution in [3.05, 3.63) is 65.2 Å². The van der Waals surface area contributed by atoms with Gasteiger partial charge in [0, 0.05) is 32.1 Å². The van der Waals surface area contributed by atoms with Crippen molar-refractivity contribution in [3.63, 3.8) is 0 Å². The summed E-state index contributed by atoms with van der Waals surface area (Å²) in [4.78, 5) is 15.4. The number of carbonyl (C=O) groups is 1. The van der Waals surface area contributed by atoms with E-state index in [0.29, 0.717) is 43.3 Å². The lowest BCUT2D eigenvalue weighted by Crippen LogP contribution is -2.42. The fraction of sp³-hybridized carbons (Fsp3) is 0.519. The summed E-state index contributed by atoms with van der Waals surface area (Å²) in [7, 11) is -3.53. The molecule has 1 N–H and O–H groups in total. The second kappa shape index (κ2) is 12.0. The molecule has 1 aliphatic heterocycles. The Hall–Kier alpha value is -2.22. The topological polar surface area (TPSA) is 69.7 Å². The summed E-state index contributed by atoms with van der Waals surface area (Å²) in [6, 6.07) is 15.5. The molecule has 0 unspecified atom stereocenters. The fourth-order valence-electron chi connectivity index (χ4n) is 4.33. The van der Waals surface area contributed by atoms with E-state index >= 15 is 0 Å². The Labute approximate surface area is 205 Å². The van der Waals surface area contributed by atoms with Crippen molar-refractivity contribution in [1.82, 2.24) is 14.5 Å². The molecule has 34 heavy (non-hydrogen) atoms. The summed E-state index contributed by atoms with van der Waals surface area (Å²) < 4.78 is 27.5. The van der Waals surface area contributed by atoms with Gasteiger partial charge in [-0.15, -0.1) is 0 Å². The number of hydrogen-bond donors (Lipinski definition) is 1. The first-order valence-electron chi connectivity index (χ1n) is 12.4. The molecule has 6 nitrogen and oxygen atoms in total. The van der Waals surface area contributed by atoms with Gasteiger partial charge >= 0.3 is 0 Å². The first-order valence-corrected chi connectivity index (χ1v) is 13.9. The Morgan fingerprint density at radius 2 is 1.53 bits per heavy atom. The standard InChI is InChI=1S/C27H39N3O3S/c1-5-29(6-2)20-23-9-7-22(8-10-23)19-28-27(31)25-15-17-30(18-16-25)34(32,33)26-13-11-24(12-14-26)21(3)4/h7-14,21,25H,5-6,15-20H2,1-4H3,(H,28,31). The first-order chi connectivity index (χ1) is 16.2. The van der Waals surface area contributed by atoms with E-state index in [2.05, 4.69) is 62.2 Å². The molecule has 0 saturated carbocycles. The van der Waals surface area contributed by atoms with Crippen molar-refractivity contribution in [3.8, 4) is 0 Å². The number of carbonyl (C=O) groups excluding carboxylic acids is 1. The Kier molecular flexibility index (Phi) is 9.28. The molecule has 0 spiro atoms. The second-order valence-electron chi connectivity index (χ2n) is 9.40. The molecule has 1 aliphatic rings. The summed E-state index contributed by atoms with van der Waals surface area (Å²) in [5, 5.41) is 3.04. The number of hydrogen-bond acceptors (Lipinski definition) is 4. The van der Waals surface area contributed by atoms with Crippen LogP contribution < -0.4 is 5.32 Å². The number of piperidine rings is 1. The third-order valence-corrected chi connectivity index (χ3v) is 8.71. The number of nitrogens with zero attached hydrogens (tertiary/aromatic N) is 2. The van der Waals surface area contributed by atoms with E-state index in [1.165, 1.54) is 9.87 Å². The van der Waals surface area contributed by atoms with Crippen molar-refractivity contribution in [2.75, 3.05) is 26.2 Å². The predicted octanol–water partition coefficient (Wildman–Crippen LogP) is 4.37.